The zero-order valence-corrected chi connectivity index (χ0v) is 16.5. The smallest absolute Gasteiger partial charge is 0.293 e. The average molecular weight is 391 g/mol. The number of hydrogen-bond donors (Lipinski definition) is 0. The van der Waals surface area contributed by atoms with Crippen molar-refractivity contribution in [3.05, 3.63) is 52.6 Å². The number of para-hydroxylation sites is 1. The molecule has 0 bridgehead atoms. The van der Waals surface area contributed by atoms with E-state index >= 15 is 0 Å². The van der Waals surface area contributed by atoms with Gasteiger partial charge in [0, 0.05) is 24.4 Å². The van der Waals surface area contributed by atoms with Crippen LogP contribution in [-0.2, 0) is 11.3 Å². The normalized spacial score (nSPS) is 17.4. The van der Waals surface area contributed by atoms with E-state index < -0.39 is 0 Å². The fourth-order valence-electron chi connectivity index (χ4n) is 4.17. The van der Waals surface area contributed by atoms with E-state index in [0.717, 1.165) is 68.4 Å². The van der Waals surface area contributed by atoms with Gasteiger partial charge >= 0.3 is 0 Å². The molecule has 0 radical (unpaired) electrons. The lowest BCUT2D eigenvalue weighted by Gasteiger charge is -2.20. The highest BCUT2D eigenvalue weighted by atomic mass is 16.2. The Kier molecular flexibility index (Phi) is 4.66. The molecule has 150 valence electrons. The average Bonchev–Trinajstić information content (AvgIpc) is 3.53. The maximum atomic E-state index is 13.3. The molecule has 0 N–H and O–H groups in total. The molecule has 1 aromatic carbocycles. The van der Waals surface area contributed by atoms with Crippen LogP contribution in [0, 0.1) is 0 Å². The van der Waals surface area contributed by atoms with Gasteiger partial charge in [0.2, 0.25) is 5.91 Å². The molecule has 1 saturated heterocycles. The first-order chi connectivity index (χ1) is 14.2. The summed E-state index contributed by atoms with van der Waals surface area (Å²) in [5.74, 6) is 0.333. The molecule has 0 unspecified atom stereocenters. The highest BCUT2D eigenvalue weighted by Crippen LogP contribution is 2.41. The molecule has 0 spiro atoms. The van der Waals surface area contributed by atoms with Gasteiger partial charge in [-0.15, -0.1) is 0 Å². The van der Waals surface area contributed by atoms with Gasteiger partial charge < -0.3 is 4.90 Å². The molecule has 0 atom stereocenters. The summed E-state index contributed by atoms with van der Waals surface area (Å²) in [6.07, 6.45) is 8.26. The summed E-state index contributed by atoms with van der Waals surface area (Å²) in [5, 5.41) is 9.92. The third kappa shape index (κ3) is 3.45. The highest BCUT2D eigenvalue weighted by Gasteiger charge is 2.30. The largest absolute Gasteiger partial charge is 0.341 e. The van der Waals surface area contributed by atoms with Gasteiger partial charge in [0.05, 0.1) is 17.6 Å². The van der Waals surface area contributed by atoms with Crippen molar-refractivity contribution in [3.63, 3.8) is 0 Å². The number of amides is 1. The molecule has 2 aliphatic rings. The first-order valence-corrected chi connectivity index (χ1v) is 10.5. The van der Waals surface area contributed by atoms with Crippen molar-refractivity contribution in [2.24, 2.45) is 0 Å². The van der Waals surface area contributed by atoms with E-state index in [0.29, 0.717) is 11.4 Å². The lowest BCUT2D eigenvalue weighted by molar-refractivity contribution is -0.132. The Morgan fingerprint density at radius 3 is 2.45 bits per heavy atom. The molecule has 1 aliphatic heterocycles. The van der Waals surface area contributed by atoms with Crippen molar-refractivity contribution < 1.29 is 4.79 Å². The Morgan fingerprint density at radius 1 is 1.03 bits per heavy atom. The van der Waals surface area contributed by atoms with E-state index in [-0.39, 0.29) is 18.0 Å². The van der Waals surface area contributed by atoms with Crippen LogP contribution >= 0.6 is 0 Å². The molecule has 1 aliphatic carbocycles. The summed E-state index contributed by atoms with van der Waals surface area (Å²) >= 11 is 0. The fourth-order valence-corrected chi connectivity index (χ4v) is 4.17. The molecule has 29 heavy (non-hydrogen) atoms. The molecule has 1 amide bonds. The summed E-state index contributed by atoms with van der Waals surface area (Å²) in [4.78, 5) is 28.1. The molecule has 7 nitrogen and oxygen atoms in total. The van der Waals surface area contributed by atoms with Crippen molar-refractivity contribution in [1.82, 2.24) is 24.5 Å². The van der Waals surface area contributed by atoms with Crippen LogP contribution in [-0.4, -0.2) is 43.5 Å². The van der Waals surface area contributed by atoms with Crippen LogP contribution in [0.2, 0.25) is 0 Å². The van der Waals surface area contributed by atoms with Crippen LogP contribution in [0.4, 0.5) is 0 Å². The third-order valence-electron chi connectivity index (χ3n) is 5.92. The van der Waals surface area contributed by atoms with E-state index in [4.69, 9.17) is 0 Å². The molecular weight excluding hydrogens is 366 g/mol. The van der Waals surface area contributed by atoms with Gasteiger partial charge in [-0.05, 0) is 37.8 Å². The molecule has 3 heterocycles. The van der Waals surface area contributed by atoms with E-state index in [1.807, 2.05) is 35.2 Å². The van der Waals surface area contributed by atoms with Gasteiger partial charge in [0.25, 0.3) is 5.56 Å². The van der Waals surface area contributed by atoms with Crippen molar-refractivity contribution in [2.75, 3.05) is 13.1 Å². The van der Waals surface area contributed by atoms with Gasteiger partial charge in [-0.1, -0.05) is 31.0 Å². The van der Waals surface area contributed by atoms with Gasteiger partial charge in [0.15, 0.2) is 0 Å². The van der Waals surface area contributed by atoms with Crippen LogP contribution in [0.15, 0.2) is 41.3 Å². The topological polar surface area (TPSA) is 73.0 Å². The number of nitrogens with zero attached hydrogens (tertiary/aromatic N) is 5. The highest BCUT2D eigenvalue weighted by molar-refractivity contribution is 5.83. The number of likely N-dealkylation sites (tertiary alicyclic amines) is 1. The van der Waals surface area contributed by atoms with Crippen molar-refractivity contribution in [3.8, 4) is 5.69 Å². The standard InChI is InChI=1S/C22H25N5O2/c28-19(25-12-6-1-2-7-13-25)15-26-22(29)21-18(20(24-26)16-10-11-16)14-23-27(21)17-8-4-3-5-9-17/h3-5,8-9,14,16H,1-2,6-7,10-13,15H2. The monoisotopic (exact) mass is 391 g/mol. The number of rotatable bonds is 4. The summed E-state index contributed by atoms with van der Waals surface area (Å²) in [6.45, 7) is 1.54. The maximum Gasteiger partial charge on any atom is 0.293 e. The lowest BCUT2D eigenvalue weighted by Crippen LogP contribution is -2.38. The summed E-state index contributed by atoms with van der Waals surface area (Å²) < 4.78 is 3.04. The number of benzene rings is 1. The molecular formula is C22H25N5O2. The number of hydrogen-bond acceptors (Lipinski definition) is 4. The second kappa shape index (κ2) is 7.46. The third-order valence-corrected chi connectivity index (χ3v) is 5.92. The fraction of sp³-hybridized carbons (Fsp3) is 0.455. The summed E-state index contributed by atoms with van der Waals surface area (Å²) in [6, 6.07) is 9.64. The Morgan fingerprint density at radius 2 is 1.76 bits per heavy atom. The summed E-state index contributed by atoms with van der Waals surface area (Å²) in [5.41, 5.74) is 1.98. The predicted molar refractivity (Wildman–Crippen MR) is 110 cm³/mol. The predicted octanol–water partition coefficient (Wildman–Crippen LogP) is 2.86. The van der Waals surface area contributed by atoms with Crippen LogP contribution in [0.25, 0.3) is 16.6 Å². The molecule has 7 heteroatoms. The van der Waals surface area contributed by atoms with Crippen molar-refractivity contribution >= 4 is 16.8 Å². The molecule has 1 saturated carbocycles. The minimum atomic E-state index is -0.256. The lowest BCUT2D eigenvalue weighted by atomic mass is 10.2. The summed E-state index contributed by atoms with van der Waals surface area (Å²) in [7, 11) is 0. The minimum Gasteiger partial charge on any atom is -0.341 e. The van der Waals surface area contributed by atoms with E-state index in [9.17, 15) is 9.59 Å². The first kappa shape index (κ1) is 18.1. The minimum absolute atomic E-state index is 0.00549. The zero-order valence-electron chi connectivity index (χ0n) is 16.5. The number of fused-ring (bicyclic) bond motifs is 1. The second-order valence-corrected chi connectivity index (χ2v) is 8.07. The Bertz CT molecular complexity index is 1090. The van der Waals surface area contributed by atoms with Crippen molar-refractivity contribution in [2.45, 2.75) is 51.0 Å². The van der Waals surface area contributed by atoms with Gasteiger partial charge in [-0.3, -0.25) is 9.59 Å². The zero-order chi connectivity index (χ0) is 19.8. The second-order valence-electron chi connectivity index (χ2n) is 8.07. The molecule has 5 rings (SSSR count). The maximum absolute atomic E-state index is 13.3. The van der Waals surface area contributed by atoms with Crippen LogP contribution in [0.1, 0.15) is 50.1 Å². The number of aromatic nitrogens is 4. The van der Waals surface area contributed by atoms with Crippen LogP contribution in [0.3, 0.4) is 0 Å². The Labute approximate surface area is 168 Å². The Balaban J connectivity index is 1.57. The van der Waals surface area contributed by atoms with Gasteiger partial charge in [-0.25, -0.2) is 9.36 Å². The first-order valence-electron chi connectivity index (χ1n) is 10.5. The number of carbonyl (C=O) groups is 1. The van der Waals surface area contributed by atoms with Gasteiger partial charge in [-0.2, -0.15) is 10.2 Å². The quantitative estimate of drug-likeness (QED) is 0.686. The van der Waals surface area contributed by atoms with E-state index in [1.54, 1.807) is 10.9 Å². The van der Waals surface area contributed by atoms with E-state index in [1.165, 1.54) is 4.68 Å². The van der Waals surface area contributed by atoms with Crippen LogP contribution < -0.4 is 5.56 Å². The van der Waals surface area contributed by atoms with E-state index in [2.05, 4.69) is 10.2 Å². The molecule has 2 aromatic heterocycles. The Hall–Kier alpha value is -2.96. The SMILES string of the molecule is O=C(Cn1nc(C2CC2)c2cnn(-c3ccccc3)c2c1=O)N1CCCCCC1. The molecule has 3 aromatic rings. The molecule has 2 fully saturated rings. The van der Waals surface area contributed by atoms with Crippen molar-refractivity contribution in [1.29, 1.82) is 0 Å². The van der Waals surface area contributed by atoms with Gasteiger partial charge in [0.1, 0.15) is 12.1 Å². The number of carbonyl (C=O) groups excluding carboxylic acids is 1. The van der Waals surface area contributed by atoms with Crippen LogP contribution in [0.5, 0.6) is 0 Å².